The van der Waals surface area contributed by atoms with Gasteiger partial charge in [0.15, 0.2) is 5.96 Å². The van der Waals surface area contributed by atoms with E-state index >= 15 is 0 Å². The van der Waals surface area contributed by atoms with Crippen molar-refractivity contribution in [3.8, 4) is 5.75 Å². The molecule has 1 amide bonds. The van der Waals surface area contributed by atoms with E-state index in [0.29, 0.717) is 24.6 Å². The van der Waals surface area contributed by atoms with Crippen LogP contribution in [0.1, 0.15) is 31.7 Å². The van der Waals surface area contributed by atoms with Crippen molar-refractivity contribution >= 4 is 11.9 Å². The fourth-order valence-corrected chi connectivity index (χ4v) is 3.19. The van der Waals surface area contributed by atoms with E-state index in [1.54, 1.807) is 7.05 Å². The van der Waals surface area contributed by atoms with Gasteiger partial charge in [-0.3, -0.25) is 4.79 Å². The standard InChI is InChI=1S/C20H29F3N4O2/c1-3-25-19(27-11-8-15(9-12-27)14-18(28)24-2)26-10-13-29-17-6-4-16(5-7-17)20(21,22)23/h4-7,15H,3,8-14H2,1-2H3,(H,24,28)(H,25,26). The topological polar surface area (TPSA) is 66.0 Å². The number of ether oxygens (including phenoxy) is 1. The second-order valence-corrected chi connectivity index (χ2v) is 6.91. The lowest BCUT2D eigenvalue weighted by atomic mass is 9.93. The summed E-state index contributed by atoms with van der Waals surface area (Å²) in [6, 6.07) is 4.64. The van der Waals surface area contributed by atoms with Crippen LogP contribution in [0.5, 0.6) is 5.75 Å². The fraction of sp³-hybridized carbons (Fsp3) is 0.600. The molecular weight excluding hydrogens is 385 g/mol. The van der Waals surface area contributed by atoms with Crippen LogP contribution in [0.15, 0.2) is 29.3 Å². The number of halogens is 3. The number of alkyl halides is 3. The molecule has 1 heterocycles. The number of piperidine rings is 1. The minimum Gasteiger partial charge on any atom is -0.492 e. The number of carbonyl (C=O) groups is 1. The summed E-state index contributed by atoms with van der Waals surface area (Å²) in [5.74, 6) is 1.64. The number of nitrogens with one attached hydrogen (secondary N) is 2. The van der Waals surface area contributed by atoms with Crippen molar-refractivity contribution in [3.63, 3.8) is 0 Å². The molecule has 162 valence electrons. The maximum Gasteiger partial charge on any atom is 0.416 e. The molecule has 1 aliphatic heterocycles. The zero-order valence-electron chi connectivity index (χ0n) is 16.9. The molecule has 0 saturated carbocycles. The van der Waals surface area contributed by atoms with Gasteiger partial charge in [0.1, 0.15) is 12.4 Å². The molecule has 9 heteroatoms. The van der Waals surface area contributed by atoms with Crippen molar-refractivity contribution in [2.24, 2.45) is 10.9 Å². The molecule has 0 unspecified atom stereocenters. The summed E-state index contributed by atoms with van der Waals surface area (Å²) in [5.41, 5.74) is -0.697. The summed E-state index contributed by atoms with van der Waals surface area (Å²) in [6.45, 7) is 5.04. The zero-order chi connectivity index (χ0) is 21.3. The summed E-state index contributed by atoms with van der Waals surface area (Å²) in [4.78, 5) is 18.3. The van der Waals surface area contributed by atoms with E-state index in [1.165, 1.54) is 12.1 Å². The predicted molar refractivity (Wildman–Crippen MR) is 106 cm³/mol. The van der Waals surface area contributed by atoms with Crippen molar-refractivity contribution < 1.29 is 22.7 Å². The lowest BCUT2D eigenvalue weighted by Gasteiger charge is -2.34. The summed E-state index contributed by atoms with van der Waals surface area (Å²) < 4.78 is 43.2. The molecule has 29 heavy (non-hydrogen) atoms. The van der Waals surface area contributed by atoms with E-state index in [9.17, 15) is 18.0 Å². The number of nitrogens with zero attached hydrogens (tertiary/aromatic N) is 2. The van der Waals surface area contributed by atoms with E-state index in [0.717, 1.165) is 50.6 Å². The van der Waals surface area contributed by atoms with Crippen molar-refractivity contribution in [2.45, 2.75) is 32.4 Å². The number of rotatable bonds is 7. The van der Waals surface area contributed by atoms with Gasteiger partial charge in [0.25, 0.3) is 0 Å². The predicted octanol–water partition coefficient (Wildman–Crippen LogP) is 2.90. The first-order chi connectivity index (χ1) is 13.8. The van der Waals surface area contributed by atoms with Gasteiger partial charge in [0, 0.05) is 33.1 Å². The van der Waals surface area contributed by atoms with E-state index in [-0.39, 0.29) is 12.5 Å². The van der Waals surface area contributed by atoms with Gasteiger partial charge in [0.2, 0.25) is 5.91 Å². The lowest BCUT2D eigenvalue weighted by molar-refractivity contribution is -0.137. The van der Waals surface area contributed by atoms with Gasteiger partial charge >= 0.3 is 6.18 Å². The van der Waals surface area contributed by atoms with Crippen LogP contribution in [0.2, 0.25) is 0 Å². The van der Waals surface area contributed by atoms with Crippen LogP contribution in [-0.4, -0.2) is 56.6 Å². The molecule has 1 fully saturated rings. The first-order valence-corrected chi connectivity index (χ1v) is 9.87. The largest absolute Gasteiger partial charge is 0.492 e. The van der Waals surface area contributed by atoms with Gasteiger partial charge in [-0.25, -0.2) is 4.99 Å². The van der Waals surface area contributed by atoms with Crippen LogP contribution in [0.4, 0.5) is 13.2 Å². The quantitative estimate of drug-likeness (QED) is 0.409. The smallest absolute Gasteiger partial charge is 0.416 e. The SMILES string of the molecule is CCNC(=NCCOc1ccc(C(F)(F)F)cc1)N1CCC(CC(=O)NC)CC1. The summed E-state index contributed by atoms with van der Waals surface area (Å²) in [5, 5.41) is 5.92. The molecule has 0 aliphatic carbocycles. The number of aliphatic imine (C=N–C) groups is 1. The Labute approximate surface area is 169 Å². The molecule has 1 aromatic carbocycles. The number of hydrogen-bond donors (Lipinski definition) is 2. The molecule has 0 radical (unpaired) electrons. The van der Waals surface area contributed by atoms with E-state index < -0.39 is 11.7 Å². The molecule has 6 nitrogen and oxygen atoms in total. The third-order valence-corrected chi connectivity index (χ3v) is 4.81. The summed E-state index contributed by atoms with van der Waals surface area (Å²) in [6.07, 6.45) is -1.93. The molecule has 0 aromatic heterocycles. The second-order valence-electron chi connectivity index (χ2n) is 6.91. The van der Waals surface area contributed by atoms with Crippen molar-refractivity contribution in [1.29, 1.82) is 0 Å². The fourth-order valence-electron chi connectivity index (χ4n) is 3.19. The van der Waals surface area contributed by atoms with Crippen LogP contribution in [0, 0.1) is 5.92 Å². The minimum absolute atomic E-state index is 0.0736. The number of amides is 1. The number of hydrogen-bond acceptors (Lipinski definition) is 3. The van der Waals surface area contributed by atoms with Gasteiger partial charge in [-0.2, -0.15) is 13.2 Å². The Morgan fingerprint density at radius 2 is 1.90 bits per heavy atom. The molecule has 1 aliphatic rings. The van der Waals surface area contributed by atoms with E-state index in [1.807, 2.05) is 6.92 Å². The Hall–Kier alpha value is -2.45. The molecule has 0 bridgehead atoms. The molecule has 0 spiro atoms. The summed E-state index contributed by atoms with van der Waals surface area (Å²) in [7, 11) is 1.65. The number of carbonyl (C=O) groups excluding carboxylic acids is 1. The maximum atomic E-state index is 12.6. The van der Waals surface area contributed by atoms with Crippen molar-refractivity contribution in [2.75, 3.05) is 39.8 Å². The number of guanidine groups is 1. The average Bonchev–Trinajstić information content (AvgIpc) is 2.70. The second kappa shape index (κ2) is 10.9. The third kappa shape index (κ3) is 7.47. The van der Waals surface area contributed by atoms with Crippen LogP contribution >= 0.6 is 0 Å². The van der Waals surface area contributed by atoms with Crippen molar-refractivity contribution in [3.05, 3.63) is 29.8 Å². The number of likely N-dealkylation sites (tertiary alicyclic amines) is 1. The Bertz CT molecular complexity index is 669. The zero-order valence-corrected chi connectivity index (χ0v) is 16.9. The summed E-state index contributed by atoms with van der Waals surface area (Å²) >= 11 is 0. The third-order valence-electron chi connectivity index (χ3n) is 4.81. The average molecular weight is 414 g/mol. The Kier molecular flexibility index (Phi) is 8.60. The van der Waals surface area contributed by atoms with Crippen LogP contribution in [0.25, 0.3) is 0 Å². The maximum absolute atomic E-state index is 12.6. The highest BCUT2D eigenvalue weighted by atomic mass is 19.4. The first kappa shape index (κ1) is 22.8. The van der Waals surface area contributed by atoms with Gasteiger partial charge < -0.3 is 20.3 Å². The molecule has 2 N–H and O–H groups in total. The molecular formula is C20H29F3N4O2. The van der Waals surface area contributed by atoms with Gasteiger partial charge in [-0.1, -0.05) is 0 Å². The Morgan fingerprint density at radius 1 is 1.24 bits per heavy atom. The first-order valence-electron chi connectivity index (χ1n) is 9.87. The minimum atomic E-state index is -4.35. The monoisotopic (exact) mass is 414 g/mol. The Morgan fingerprint density at radius 3 is 2.45 bits per heavy atom. The normalized spacial score (nSPS) is 15.9. The highest BCUT2D eigenvalue weighted by molar-refractivity contribution is 5.80. The van der Waals surface area contributed by atoms with Gasteiger partial charge in [-0.15, -0.1) is 0 Å². The van der Waals surface area contributed by atoms with Gasteiger partial charge in [0.05, 0.1) is 12.1 Å². The van der Waals surface area contributed by atoms with Crippen molar-refractivity contribution in [1.82, 2.24) is 15.5 Å². The van der Waals surface area contributed by atoms with Gasteiger partial charge in [-0.05, 0) is 49.9 Å². The van der Waals surface area contributed by atoms with Crippen LogP contribution < -0.4 is 15.4 Å². The highest BCUT2D eigenvalue weighted by Crippen LogP contribution is 2.30. The van der Waals surface area contributed by atoms with Crippen LogP contribution in [-0.2, 0) is 11.0 Å². The van der Waals surface area contributed by atoms with E-state index in [2.05, 4.69) is 20.5 Å². The molecule has 2 rings (SSSR count). The van der Waals surface area contributed by atoms with E-state index in [4.69, 9.17) is 4.74 Å². The molecule has 1 aromatic rings. The Balaban J connectivity index is 1.81. The lowest BCUT2D eigenvalue weighted by Crippen LogP contribution is -2.46. The number of benzene rings is 1. The highest BCUT2D eigenvalue weighted by Gasteiger charge is 2.30. The molecule has 0 atom stereocenters. The van der Waals surface area contributed by atoms with Crippen LogP contribution in [0.3, 0.4) is 0 Å². The molecule has 1 saturated heterocycles.